The first kappa shape index (κ1) is 80.0. The number of quaternary nitrogens is 1. The number of unbranched alkanes of at least 4 members (excludes halogenated alkanes) is 53. The molecule has 9 heteroatoms. The Kier molecular flexibility index (Phi) is 62.7. The first-order valence-electron chi connectivity index (χ1n) is 36.2. The average Bonchev–Trinajstić information content (AvgIpc) is 3.43. The van der Waals surface area contributed by atoms with E-state index < -0.39 is 20.0 Å². The molecule has 81 heavy (non-hydrogen) atoms. The molecule has 0 aliphatic rings. The highest BCUT2D eigenvalue weighted by molar-refractivity contribution is 7.47. The van der Waals surface area contributed by atoms with Crippen LogP contribution in [0, 0.1) is 0 Å². The summed E-state index contributed by atoms with van der Waals surface area (Å²) in [6.07, 6.45) is 83.5. The van der Waals surface area contributed by atoms with E-state index in [0.29, 0.717) is 17.4 Å². The molecule has 0 aromatic carbocycles. The summed E-state index contributed by atoms with van der Waals surface area (Å²) in [5.74, 6) is -0.177. The molecule has 3 atom stereocenters. The number of likely N-dealkylation sites (N-methyl/N-ethyl adjacent to an activating group) is 1. The number of hydrogen-bond acceptors (Lipinski definition) is 5. The number of amides is 1. The van der Waals surface area contributed by atoms with Gasteiger partial charge in [0.05, 0.1) is 39.9 Å². The number of allylic oxidation sites excluding steroid dienone is 3. The molecule has 0 saturated carbocycles. The second kappa shape index (κ2) is 63.5. The maximum absolute atomic E-state index is 13.1. The van der Waals surface area contributed by atoms with Crippen LogP contribution in [-0.2, 0) is 18.4 Å². The van der Waals surface area contributed by atoms with Gasteiger partial charge in [0.15, 0.2) is 0 Å². The van der Waals surface area contributed by atoms with Crippen molar-refractivity contribution in [1.82, 2.24) is 5.32 Å². The summed E-state index contributed by atoms with van der Waals surface area (Å²) in [4.78, 5) is 23.4. The molecule has 0 radical (unpaired) electrons. The quantitative estimate of drug-likeness (QED) is 0.0243. The number of aliphatic hydroxyl groups is 1. The molecule has 8 nitrogen and oxygen atoms in total. The predicted molar refractivity (Wildman–Crippen MR) is 355 cm³/mol. The summed E-state index contributed by atoms with van der Waals surface area (Å²) in [6, 6.07) is -0.862. The molecule has 0 aliphatic carbocycles. The van der Waals surface area contributed by atoms with E-state index in [1.165, 1.54) is 321 Å². The van der Waals surface area contributed by atoms with E-state index in [0.717, 1.165) is 38.5 Å². The lowest BCUT2D eigenvalue weighted by molar-refractivity contribution is -0.870. The highest BCUT2D eigenvalue weighted by atomic mass is 31.2. The second-order valence-electron chi connectivity index (χ2n) is 26.3. The summed E-state index contributed by atoms with van der Waals surface area (Å²) in [6.45, 7) is 4.87. The molecule has 0 aromatic heterocycles. The van der Waals surface area contributed by atoms with E-state index in [2.05, 4.69) is 31.3 Å². The number of nitrogens with zero attached hydrogens (tertiary/aromatic N) is 1. The number of aliphatic hydroxyl groups excluding tert-OH is 1. The molecule has 0 rings (SSSR count). The summed E-state index contributed by atoms with van der Waals surface area (Å²) in [7, 11) is 1.58. The lowest BCUT2D eigenvalue weighted by Gasteiger charge is -2.25. The Bertz CT molecular complexity index is 1370. The maximum atomic E-state index is 13.1. The van der Waals surface area contributed by atoms with Crippen molar-refractivity contribution in [3.63, 3.8) is 0 Å². The lowest BCUT2D eigenvalue weighted by Crippen LogP contribution is -2.45. The minimum Gasteiger partial charge on any atom is -0.387 e. The highest BCUT2D eigenvalue weighted by Crippen LogP contribution is 2.43. The first-order chi connectivity index (χ1) is 39.5. The van der Waals surface area contributed by atoms with Crippen LogP contribution < -0.4 is 5.32 Å². The van der Waals surface area contributed by atoms with Gasteiger partial charge in [-0.1, -0.05) is 366 Å². The topological polar surface area (TPSA) is 105 Å². The van der Waals surface area contributed by atoms with Gasteiger partial charge in [0.25, 0.3) is 0 Å². The molecule has 0 aliphatic heterocycles. The maximum Gasteiger partial charge on any atom is 0.472 e. The molecule has 0 heterocycles. The molecule has 0 spiro atoms. The number of carbonyl (C=O) groups excluding carboxylic acids is 1. The number of phosphoric ester groups is 1. The number of hydrogen-bond donors (Lipinski definition) is 3. The Labute approximate surface area is 506 Å². The van der Waals surface area contributed by atoms with Crippen molar-refractivity contribution in [2.24, 2.45) is 0 Å². The van der Waals surface area contributed by atoms with E-state index in [1.54, 1.807) is 6.08 Å². The average molecular weight is 1160 g/mol. The van der Waals surface area contributed by atoms with Crippen molar-refractivity contribution in [3.8, 4) is 0 Å². The van der Waals surface area contributed by atoms with Crippen LogP contribution in [0.1, 0.15) is 380 Å². The summed E-state index contributed by atoms with van der Waals surface area (Å²) < 4.78 is 23.8. The van der Waals surface area contributed by atoms with Gasteiger partial charge in [0.1, 0.15) is 13.2 Å². The molecule has 482 valence electrons. The summed E-state index contributed by atoms with van der Waals surface area (Å²) in [5.41, 5.74) is 0. The fourth-order valence-electron chi connectivity index (χ4n) is 11.3. The van der Waals surface area contributed by atoms with Crippen LogP contribution in [0.25, 0.3) is 0 Å². The van der Waals surface area contributed by atoms with Gasteiger partial charge in [-0.05, 0) is 32.1 Å². The minimum absolute atomic E-state index is 0.0591. The van der Waals surface area contributed by atoms with Crippen LogP contribution >= 0.6 is 7.82 Å². The fourth-order valence-corrected chi connectivity index (χ4v) is 12.0. The van der Waals surface area contributed by atoms with E-state index in [-0.39, 0.29) is 19.1 Å². The standard InChI is InChI=1S/C72H143N2O6P/c1-6-8-10-12-14-16-18-20-22-24-26-28-30-32-34-35-36-37-38-40-42-44-46-48-50-52-54-56-58-60-62-64-66-72(76)73-70(69-80-81(77,78)79-68-67-74(3,4)5)71(75)65-63-61-59-57-55-53-51-49-47-45-43-41-39-33-31-29-27-25-23-21-19-17-15-13-11-9-7-2/h55,57,63,65,70-71,75H,6-54,56,58-62,64,66-69H2,1-5H3,(H-,73,76,77,78)/p+1/b57-55+,65-63+. The third kappa shape index (κ3) is 66.4. The third-order valence-corrected chi connectivity index (χ3v) is 17.9. The number of nitrogens with one attached hydrogen (secondary N) is 1. The molecule has 3 unspecified atom stereocenters. The van der Waals surface area contributed by atoms with E-state index in [9.17, 15) is 19.4 Å². The lowest BCUT2D eigenvalue weighted by atomic mass is 10.0. The molecule has 0 bridgehead atoms. The number of carbonyl (C=O) groups is 1. The minimum atomic E-state index is -4.36. The van der Waals surface area contributed by atoms with Crippen LogP contribution in [0.4, 0.5) is 0 Å². The molecule has 1 amide bonds. The van der Waals surface area contributed by atoms with Crippen molar-refractivity contribution in [1.29, 1.82) is 0 Å². The zero-order chi connectivity index (χ0) is 59.1. The van der Waals surface area contributed by atoms with Gasteiger partial charge in [0, 0.05) is 6.42 Å². The first-order valence-corrected chi connectivity index (χ1v) is 37.7. The molecular weight excluding hydrogens is 1020 g/mol. The third-order valence-electron chi connectivity index (χ3n) is 16.9. The molecular formula is C72H144N2O6P+. The predicted octanol–water partition coefficient (Wildman–Crippen LogP) is 23.1. The van der Waals surface area contributed by atoms with Gasteiger partial charge in [-0.25, -0.2) is 4.57 Å². The largest absolute Gasteiger partial charge is 0.472 e. The van der Waals surface area contributed by atoms with Gasteiger partial charge in [-0.3, -0.25) is 13.8 Å². The van der Waals surface area contributed by atoms with Crippen molar-refractivity contribution >= 4 is 13.7 Å². The summed E-state index contributed by atoms with van der Waals surface area (Å²) in [5, 5.41) is 14.0. The zero-order valence-corrected chi connectivity index (χ0v) is 56.2. The van der Waals surface area contributed by atoms with Crippen LogP contribution in [0.15, 0.2) is 24.3 Å². The smallest absolute Gasteiger partial charge is 0.387 e. The van der Waals surface area contributed by atoms with Gasteiger partial charge in [0.2, 0.25) is 5.91 Å². The Morgan fingerprint density at radius 1 is 0.407 bits per heavy atom. The van der Waals surface area contributed by atoms with Crippen molar-refractivity contribution < 1.29 is 32.9 Å². The molecule has 0 aromatic rings. The zero-order valence-electron chi connectivity index (χ0n) is 55.3. The monoisotopic (exact) mass is 1160 g/mol. The fraction of sp³-hybridized carbons (Fsp3) is 0.931. The highest BCUT2D eigenvalue weighted by Gasteiger charge is 2.28. The molecule has 0 saturated heterocycles. The van der Waals surface area contributed by atoms with Crippen molar-refractivity contribution in [2.75, 3.05) is 40.9 Å². The van der Waals surface area contributed by atoms with Crippen LogP contribution in [-0.4, -0.2) is 73.4 Å². The van der Waals surface area contributed by atoms with Crippen molar-refractivity contribution in [2.45, 2.75) is 392 Å². The normalized spacial score (nSPS) is 13.7. The number of phosphoric acid groups is 1. The Morgan fingerprint density at radius 3 is 0.988 bits per heavy atom. The second-order valence-corrected chi connectivity index (χ2v) is 27.8. The van der Waals surface area contributed by atoms with E-state index in [4.69, 9.17) is 9.05 Å². The van der Waals surface area contributed by atoms with E-state index >= 15 is 0 Å². The number of rotatable bonds is 68. The van der Waals surface area contributed by atoms with Gasteiger partial charge in [-0.15, -0.1) is 0 Å². The van der Waals surface area contributed by atoms with Crippen molar-refractivity contribution in [3.05, 3.63) is 24.3 Å². The van der Waals surface area contributed by atoms with Crippen LogP contribution in [0.5, 0.6) is 0 Å². The van der Waals surface area contributed by atoms with Gasteiger partial charge < -0.3 is 19.8 Å². The Balaban J connectivity index is 4.03. The Morgan fingerprint density at radius 2 is 0.679 bits per heavy atom. The van der Waals surface area contributed by atoms with Crippen LogP contribution in [0.3, 0.4) is 0 Å². The Hall–Kier alpha value is -1.02. The van der Waals surface area contributed by atoms with Gasteiger partial charge >= 0.3 is 7.82 Å². The molecule has 0 fully saturated rings. The van der Waals surface area contributed by atoms with Crippen LogP contribution in [0.2, 0.25) is 0 Å². The van der Waals surface area contributed by atoms with E-state index in [1.807, 2.05) is 27.2 Å². The summed E-state index contributed by atoms with van der Waals surface area (Å²) >= 11 is 0. The SMILES string of the molecule is CCCCCCCCCCCCCCCCCCCCCCC/C=C/CC/C=C/C(O)C(COP(=O)(O)OCC[N+](C)(C)C)NC(=O)CCCCCCCCCCCCCCCCCCCCCCCCCCCCCCCCCC. The molecule has 3 N–H and O–H groups in total. The van der Waals surface area contributed by atoms with Gasteiger partial charge in [-0.2, -0.15) is 0 Å².